The number of fused-ring (bicyclic) bond motifs is 1. The lowest BCUT2D eigenvalue weighted by atomic mass is 9.74. The normalized spacial score (nSPS) is 19.8. The van der Waals surface area contributed by atoms with Crippen LogP contribution in [0.5, 0.6) is 0 Å². The van der Waals surface area contributed by atoms with Crippen molar-refractivity contribution >= 4 is 35.2 Å². The molecule has 2 aromatic carbocycles. The third kappa shape index (κ3) is 7.20. The standard InChI is InChI=1S/C31H40N4O5/c1-19-13-14-23-24(20-9-6-5-7-10-20)17-25(33-30(40)32-22-12-8-11-21(16-22)29(38)39)28(37)35(26(23)15-19)18-27(36)34-31(2,3)4/h8,11-16,20,24-25H,5-7,9-10,17-18H2,1-4H3,(H,34,36)(H,38,39)(H2,32,33,40)/t24-,25-/m1/s1. The predicted octanol–water partition coefficient (Wildman–Crippen LogP) is 5.20. The van der Waals surface area contributed by atoms with E-state index in [1.807, 2.05) is 39.8 Å². The molecule has 0 spiro atoms. The lowest BCUT2D eigenvalue weighted by Gasteiger charge is -2.32. The zero-order valence-corrected chi connectivity index (χ0v) is 23.8. The van der Waals surface area contributed by atoms with Crippen LogP contribution in [0, 0.1) is 12.8 Å². The number of benzene rings is 2. The van der Waals surface area contributed by atoms with E-state index in [9.17, 15) is 24.3 Å². The Balaban J connectivity index is 1.67. The van der Waals surface area contributed by atoms with Gasteiger partial charge in [-0.25, -0.2) is 9.59 Å². The highest BCUT2D eigenvalue weighted by Gasteiger charge is 2.40. The number of carbonyl (C=O) groups excluding carboxylic acids is 3. The molecule has 2 aliphatic rings. The number of anilines is 2. The molecule has 1 aliphatic carbocycles. The number of hydrogen-bond donors (Lipinski definition) is 4. The zero-order chi connectivity index (χ0) is 29.0. The van der Waals surface area contributed by atoms with Crippen molar-refractivity contribution in [1.82, 2.24) is 10.6 Å². The lowest BCUT2D eigenvalue weighted by molar-refractivity contribution is -0.125. The van der Waals surface area contributed by atoms with E-state index in [4.69, 9.17) is 0 Å². The maximum absolute atomic E-state index is 14.1. The Morgan fingerprint density at radius 3 is 2.42 bits per heavy atom. The average molecular weight is 549 g/mol. The first-order valence-corrected chi connectivity index (χ1v) is 14.0. The quantitative estimate of drug-likeness (QED) is 0.395. The SMILES string of the molecule is Cc1ccc2c(c1)N(CC(=O)NC(C)(C)C)C(=O)[C@H](NC(=O)Nc1cccc(C(=O)O)c1)C[C@@H]2C1CCCCC1. The van der Waals surface area contributed by atoms with E-state index in [1.54, 1.807) is 12.1 Å². The van der Waals surface area contributed by atoms with Gasteiger partial charge in [0.15, 0.2) is 0 Å². The summed E-state index contributed by atoms with van der Waals surface area (Å²) >= 11 is 0. The van der Waals surface area contributed by atoms with E-state index in [0.29, 0.717) is 18.0 Å². The minimum atomic E-state index is -1.10. The molecule has 0 unspecified atom stereocenters. The van der Waals surface area contributed by atoms with Crippen molar-refractivity contribution in [1.29, 1.82) is 0 Å². The average Bonchev–Trinajstić information content (AvgIpc) is 2.98. The van der Waals surface area contributed by atoms with Gasteiger partial charge >= 0.3 is 12.0 Å². The maximum Gasteiger partial charge on any atom is 0.335 e. The third-order valence-corrected chi connectivity index (χ3v) is 7.64. The van der Waals surface area contributed by atoms with Gasteiger partial charge in [0.1, 0.15) is 12.6 Å². The van der Waals surface area contributed by atoms with Gasteiger partial charge in [-0.15, -0.1) is 0 Å². The fourth-order valence-electron chi connectivity index (χ4n) is 5.91. The van der Waals surface area contributed by atoms with E-state index >= 15 is 0 Å². The molecular formula is C31H40N4O5. The van der Waals surface area contributed by atoms with Gasteiger partial charge in [-0.1, -0.05) is 37.5 Å². The van der Waals surface area contributed by atoms with E-state index in [2.05, 4.69) is 22.0 Å². The molecule has 0 radical (unpaired) electrons. The molecule has 4 rings (SSSR count). The monoisotopic (exact) mass is 548 g/mol. The molecule has 0 bridgehead atoms. The molecule has 0 aromatic heterocycles. The number of urea groups is 1. The van der Waals surface area contributed by atoms with Gasteiger partial charge in [0.05, 0.1) is 5.56 Å². The first kappa shape index (κ1) is 29.1. The summed E-state index contributed by atoms with van der Waals surface area (Å²) in [7, 11) is 0. The number of nitrogens with one attached hydrogen (secondary N) is 3. The first-order valence-electron chi connectivity index (χ1n) is 14.0. The van der Waals surface area contributed by atoms with E-state index in [1.165, 1.54) is 23.5 Å². The molecule has 2 atom stereocenters. The van der Waals surface area contributed by atoms with Gasteiger partial charge in [0, 0.05) is 16.9 Å². The van der Waals surface area contributed by atoms with E-state index in [0.717, 1.165) is 42.5 Å². The number of amides is 4. The van der Waals surface area contributed by atoms with E-state index in [-0.39, 0.29) is 29.8 Å². The molecule has 9 nitrogen and oxygen atoms in total. The molecule has 214 valence electrons. The third-order valence-electron chi connectivity index (χ3n) is 7.64. The van der Waals surface area contributed by atoms with Crippen molar-refractivity contribution in [2.75, 3.05) is 16.8 Å². The summed E-state index contributed by atoms with van der Waals surface area (Å²) < 4.78 is 0. The highest BCUT2D eigenvalue weighted by atomic mass is 16.4. The Kier molecular flexibility index (Phi) is 8.81. The Morgan fingerprint density at radius 2 is 1.75 bits per heavy atom. The Bertz CT molecular complexity index is 1280. The molecule has 4 amide bonds. The van der Waals surface area contributed by atoms with Crippen molar-refractivity contribution in [3.05, 3.63) is 59.2 Å². The summed E-state index contributed by atoms with van der Waals surface area (Å²) in [6.07, 6.45) is 5.98. The van der Waals surface area contributed by atoms with Gasteiger partial charge in [0.2, 0.25) is 11.8 Å². The maximum atomic E-state index is 14.1. The van der Waals surface area contributed by atoms with Crippen molar-refractivity contribution in [3.63, 3.8) is 0 Å². The van der Waals surface area contributed by atoms with Crippen LogP contribution in [0.4, 0.5) is 16.2 Å². The van der Waals surface area contributed by atoms with Crippen LogP contribution >= 0.6 is 0 Å². The fourth-order valence-corrected chi connectivity index (χ4v) is 5.91. The van der Waals surface area contributed by atoms with Crippen LogP contribution in [0.2, 0.25) is 0 Å². The van der Waals surface area contributed by atoms with Crippen LogP contribution in [0.15, 0.2) is 42.5 Å². The summed E-state index contributed by atoms with van der Waals surface area (Å²) in [5, 5.41) is 17.8. The number of aromatic carboxylic acids is 1. The predicted molar refractivity (Wildman–Crippen MR) is 155 cm³/mol. The largest absolute Gasteiger partial charge is 0.478 e. The van der Waals surface area contributed by atoms with Crippen LogP contribution in [-0.4, -0.2) is 47.0 Å². The first-order chi connectivity index (χ1) is 18.9. The number of rotatable bonds is 6. The molecular weight excluding hydrogens is 508 g/mol. The molecule has 40 heavy (non-hydrogen) atoms. The van der Waals surface area contributed by atoms with Crippen molar-refractivity contribution in [3.8, 4) is 0 Å². The number of carbonyl (C=O) groups is 4. The summed E-state index contributed by atoms with van der Waals surface area (Å²) in [6, 6.07) is 10.5. The molecule has 2 aromatic rings. The molecule has 4 N–H and O–H groups in total. The molecule has 1 fully saturated rings. The molecule has 9 heteroatoms. The van der Waals surface area contributed by atoms with Gasteiger partial charge in [-0.2, -0.15) is 0 Å². The van der Waals surface area contributed by atoms with Crippen LogP contribution < -0.4 is 20.9 Å². The van der Waals surface area contributed by atoms with Crippen LogP contribution in [0.3, 0.4) is 0 Å². The van der Waals surface area contributed by atoms with Gasteiger partial charge < -0.3 is 26.0 Å². The van der Waals surface area contributed by atoms with Crippen LogP contribution in [0.25, 0.3) is 0 Å². The molecule has 1 saturated carbocycles. The number of hydrogen-bond acceptors (Lipinski definition) is 4. The second kappa shape index (κ2) is 12.1. The summed E-state index contributed by atoms with van der Waals surface area (Å²) in [5.41, 5.74) is 2.63. The van der Waals surface area contributed by atoms with Crippen LogP contribution in [-0.2, 0) is 9.59 Å². The highest BCUT2D eigenvalue weighted by molar-refractivity contribution is 6.05. The van der Waals surface area contributed by atoms with Crippen molar-refractivity contribution in [2.45, 2.75) is 83.7 Å². The minimum absolute atomic E-state index is 0.0381. The number of nitrogens with zero attached hydrogens (tertiary/aromatic N) is 1. The van der Waals surface area contributed by atoms with Crippen LogP contribution in [0.1, 0.15) is 86.7 Å². The number of carboxylic acids is 1. The fraction of sp³-hybridized carbons (Fsp3) is 0.484. The Morgan fingerprint density at radius 1 is 1.02 bits per heavy atom. The summed E-state index contributed by atoms with van der Waals surface area (Å²) in [6.45, 7) is 7.47. The van der Waals surface area contributed by atoms with Gasteiger partial charge in [-0.3, -0.25) is 9.59 Å². The number of carboxylic acid groups (broad SMARTS) is 1. The van der Waals surface area contributed by atoms with Gasteiger partial charge in [-0.05, 0) is 94.2 Å². The topological polar surface area (TPSA) is 128 Å². The second-order valence-corrected chi connectivity index (χ2v) is 12.1. The Hall–Kier alpha value is -3.88. The molecule has 1 heterocycles. The lowest BCUT2D eigenvalue weighted by Crippen LogP contribution is -2.53. The van der Waals surface area contributed by atoms with E-state index < -0.39 is 23.6 Å². The Labute approximate surface area is 235 Å². The zero-order valence-electron chi connectivity index (χ0n) is 23.8. The molecule has 1 aliphatic heterocycles. The van der Waals surface area contributed by atoms with Gasteiger partial charge in [0.25, 0.3) is 0 Å². The number of aryl methyl sites for hydroxylation is 1. The smallest absolute Gasteiger partial charge is 0.335 e. The summed E-state index contributed by atoms with van der Waals surface area (Å²) in [5.74, 6) is -1.32. The van der Waals surface area contributed by atoms with Crippen molar-refractivity contribution < 1.29 is 24.3 Å². The minimum Gasteiger partial charge on any atom is -0.478 e. The van der Waals surface area contributed by atoms with Crippen molar-refractivity contribution in [2.24, 2.45) is 5.92 Å². The molecule has 0 saturated heterocycles. The second-order valence-electron chi connectivity index (χ2n) is 12.1. The summed E-state index contributed by atoms with van der Waals surface area (Å²) in [4.78, 5) is 53.2. The highest BCUT2D eigenvalue weighted by Crippen LogP contribution is 2.44.